The maximum atomic E-state index is 13.1. The Bertz CT molecular complexity index is 1010. The molecular formula is C24H39N5O12S. The molecule has 5 atom stereocenters. The summed E-state index contributed by atoms with van der Waals surface area (Å²) in [5.74, 6) is -9.53. The van der Waals surface area contributed by atoms with Crippen LogP contribution in [-0.4, -0.2) is 110 Å². The monoisotopic (exact) mass is 621 g/mol. The summed E-state index contributed by atoms with van der Waals surface area (Å²) in [6, 6.07) is -7.27. The minimum Gasteiger partial charge on any atom is -0.481 e. The molecule has 42 heavy (non-hydrogen) atoms. The van der Waals surface area contributed by atoms with Crippen molar-refractivity contribution in [1.82, 2.24) is 21.3 Å². The van der Waals surface area contributed by atoms with Crippen LogP contribution in [-0.2, 0) is 38.4 Å². The van der Waals surface area contributed by atoms with Gasteiger partial charge in [-0.3, -0.25) is 33.6 Å². The van der Waals surface area contributed by atoms with E-state index in [1.165, 1.54) is 25.6 Å². The normalized spacial score (nSPS) is 14.4. The predicted molar refractivity (Wildman–Crippen MR) is 147 cm³/mol. The van der Waals surface area contributed by atoms with Crippen molar-refractivity contribution in [3.05, 3.63) is 0 Å². The minimum atomic E-state index is -1.58. The van der Waals surface area contributed by atoms with E-state index < -0.39 is 116 Å². The fourth-order valence-electron chi connectivity index (χ4n) is 3.45. The van der Waals surface area contributed by atoms with Gasteiger partial charge in [0.1, 0.15) is 24.2 Å². The van der Waals surface area contributed by atoms with E-state index in [1.54, 1.807) is 6.26 Å². The summed E-state index contributed by atoms with van der Waals surface area (Å²) in [6.07, 6.45) is -1.08. The Morgan fingerprint density at radius 3 is 1.48 bits per heavy atom. The van der Waals surface area contributed by atoms with Crippen LogP contribution in [0.5, 0.6) is 0 Å². The van der Waals surface area contributed by atoms with Gasteiger partial charge in [-0.25, -0.2) is 4.79 Å². The lowest BCUT2D eigenvalue weighted by molar-refractivity contribution is -0.143. The number of nitrogens with one attached hydrogen (secondary N) is 4. The van der Waals surface area contributed by atoms with Gasteiger partial charge in [0.25, 0.3) is 0 Å². The summed E-state index contributed by atoms with van der Waals surface area (Å²) in [5.41, 5.74) is 5.54. The van der Waals surface area contributed by atoms with Crippen molar-refractivity contribution in [3.63, 3.8) is 0 Å². The highest BCUT2D eigenvalue weighted by molar-refractivity contribution is 7.98. The maximum absolute atomic E-state index is 13.1. The van der Waals surface area contributed by atoms with Crippen molar-refractivity contribution < 1.29 is 58.8 Å². The van der Waals surface area contributed by atoms with Crippen molar-refractivity contribution in [2.75, 3.05) is 12.0 Å². The number of carbonyl (C=O) groups is 8. The van der Waals surface area contributed by atoms with E-state index in [9.17, 15) is 43.5 Å². The Hall–Kier alpha value is -3.93. The van der Waals surface area contributed by atoms with Crippen LogP contribution in [0.1, 0.15) is 52.4 Å². The molecule has 18 heteroatoms. The average Bonchev–Trinajstić information content (AvgIpc) is 2.88. The SMILES string of the molecule is CSCC[C@H](NC(=O)[C@H](CCC(=O)O)NC(=O)[C@H](CCC(=O)O)NC(=O)[C@@H](NC(=O)[C@@H](N)CC(=O)O)C(C)C)C(=O)O. The van der Waals surface area contributed by atoms with Gasteiger partial charge >= 0.3 is 23.9 Å². The molecule has 0 aliphatic carbocycles. The molecule has 0 unspecified atom stereocenters. The van der Waals surface area contributed by atoms with Crippen molar-refractivity contribution >= 4 is 59.3 Å². The number of carboxylic acids is 4. The first-order valence-corrected chi connectivity index (χ1v) is 14.2. The molecule has 10 N–H and O–H groups in total. The summed E-state index contributed by atoms with van der Waals surface area (Å²) in [4.78, 5) is 96.1. The van der Waals surface area contributed by atoms with Crippen molar-refractivity contribution in [2.45, 2.75) is 82.6 Å². The van der Waals surface area contributed by atoms with Crippen molar-refractivity contribution in [3.8, 4) is 0 Å². The molecule has 0 aromatic rings. The lowest BCUT2D eigenvalue weighted by atomic mass is 10.0. The van der Waals surface area contributed by atoms with E-state index in [0.29, 0.717) is 5.75 Å². The molecule has 0 saturated heterocycles. The van der Waals surface area contributed by atoms with Crippen molar-refractivity contribution in [2.24, 2.45) is 11.7 Å². The number of aliphatic carboxylic acids is 4. The molecule has 0 radical (unpaired) electrons. The average molecular weight is 622 g/mol. The van der Waals surface area contributed by atoms with Crippen LogP contribution >= 0.6 is 11.8 Å². The fraction of sp³-hybridized carbons (Fsp3) is 0.667. The predicted octanol–water partition coefficient (Wildman–Crippen LogP) is -2.05. The third-order valence-corrected chi connectivity index (χ3v) is 6.41. The Morgan fingerprint density at radius 1 is 0.643 bits per heavy atom. The number of nitrogens with two attached hydrogens (primary N) is 1. The van der Waals surface area contributed by atoms with E-state index in [0.717, 1.165) is 0 Å². The number of carbonyl (C=O) groups excluding carboxylic acids is 4. The summed E-state index contributed by atoms with van der Waals surface area (Å²) in [5, 5.41) is 45.5. The minimum absolute atomic E-state index is 0.0392. The lowest BCUT2D eigenvalue weighted by Crippen LogP contribution is -2.59. The van der Waals surface area contributed by atoms with E-state index in [1.807, 2.05) is 0 Å². The fourth-order valence-corrected chi connectivity index (χ4v) is 3.92. The molecule has 0 bridgehead atoms. The van der Waals surface area contributed by atoms with Gasteiger partial charge in [0.05, 0.1) is 12.5 Å². The van der Waals surface area contributed by atoms with Crippen LogP contribution in [0, 0.1) is 5.92 Å². The molecule has 0 aliphatic heterocycles. The van der Waals surface area contributed by atoms with Crippen LogP contribution in [0.4, 0.5) is 0 Å². The molecule has 4 amide bonds. The number of thioether (sulfide) groups is 1. The number of amides is 4. The second-order valence-electron chi connectivity index (χ2n) is 9.60. The highest BCUT2D eigenvalue weighted by atomic mass is 32.2. The number of hydrogen-bond donors (Lipinski definition) is 9. The number of hydrogen-bond acceptors (Lipinski definition) is 10. The van der Waals surface area contributed by atoms with Gasteiger partial charge in [-0.15, -0.1) is 0 Å². The first kappa shape index (κ1) is 38.1. The van der Waals surface area contributed by atoms with E-state index in [-0.39, 0.29) is 6.42 Å². The highest BCUT2D eigenvalue weighted by Gasteiger charge is 2.33. The molecule has 0 aliphatic rings. The second kappa shape index (κ2) is 19.2. The molecule has 0 fully saturated rings. The van der Waals surface area contributed by atoms with Gasteiger partial charge < -0.3 is 47.4 Å². The largest absolute Gasteiger partial charge is 0.481 e. The molecule has 0 spiro atoms. The van der Waals surface area contributed by atoms with Crippen LogP contribution in [0.3, 0.4) is 0 Å². The van der Waals surface area contributed by atoms with E-state index in [4.69, 9.17) is 21.1 Å². The second-order valence-corrected chi connectivity index (χ2v) is 10.6. The summed E-state index contributed by atoms with van der Waals surface area (Å²) >= 11 is 1.33. The highest BCUT2D eigenvalue weighted by Crippen LogP contribution is 2.08. The number of rotatable bonds is 21. The Balaban J connectivity index is 5.93. The van der Waals surface area contributed by atoms with Crippen LogP contribution in [0.15, 0.2) is 0 Å². The zero-order valence-corrected chi connectivity index (χ0v) is 24.3. The van der Waals surface area contributed by atoms with Gasteiger partial charge in [-0.05, 0) is 37.2 Å². The van der Waals surface area contributed by atoms with Gasteiger partial charge in [-0.2, -0.15) is 11.8 Å². The summed E-state index contributed by atoms with van der Waals surface area (Å²) in [6.45, 7) is 3.06. The first-order valence-electron chi connectivity index (χ1n) is 12.8. The van der Waals surface area contributed by atoms with Gasteiger partial charge in [0, 0.05) is 12.8 Å². The quantitative estimate of drug-likeness (QED) is 0.0667. The van der Waals surface area contributed by atoms with Crippen molar-refractivity contribution in [1.29, 1.82) is 0 Å². The van der Waals surface area contributed by atoms with Gasteiger partial charge in [0.2, 0.25) is 23.6 Å². The Labute approximate surface area is 245 Å². The summed E-state index contributed by atoms with van der Waals surface area (Å²) in [7, 11) is 0. The van der Waals surface area contributed by atoms with Crippen LogP contribution in [0.2, 0.25) is 0 Å². The smallest absolute Gasteiger partial charge is 0.326 e. The first-order chi connectivity index (χ1) is 19.5. The summed E-state index contributed by atoms with van der Waals surface area (Å²) < 4.78 is 0. The molecule has 0 rings (SSSR count). The Kier molecular flexibility index (Phi) is 17.4. The van der Waals surface area contributed by atoms with Crippen LogP contribution in [0.25, 0.3) is 0 Å². The van der Waals surface area contributed by atoms with Gasteiger partial charge in [-0.1, -0.05) is 13.8 Å². The molecule has 0 aromatic carbocycles. The maximum Gasteiger partial charge on any atom is 0.326 e. The van der Waals surface area contributed by atoms with Crippen LogP contribution < -0.4 is 27.0 Å². The molecule has 238 valence electrons. The molecular weight excluding hydrogens is 582 g/mol. The number of carboxylic acid groups (broad SMARTS) is 4. The zero-order valence-electron chi connectivity index (χ0n) is 23.5. The van der Waals surface area contributed by atoms with Gasteiger partial charge in [0.15, 0.2) is 0 Å². The molecule has 0 heterocycles. The molecule has 0 aromatic heterocycles. The molecule has 17 nitrogen and oxygen atoms in total. The molecule has 0 saturated carbocycles. The third kappa shape index (κ3) is 15.2. The zero-order chi connectivity index (χ0) is 32.6. The third-order valence-electron chi connectivity index (χ3n) is 5.76. The van der Waals surface area contributed by atoms with E-state index in [2.05, 4.69) is 21.3 Å². The standard InChI is InChI=1S/C24H39N5O12S/c1-11(2)19(29-20(36)12(25)10-18(34)35)23(39)27-14(5-7-17(32)33)21(37)26-13(4-6-16(30)31)22(38)28-15(24(40)41)8-9-42-3/h11-15,19H,4-10,25H2,1-3H3,(H,26,37)(H,27,39)(H,28,38)(H,29,36)(H,30,31)(H,32,33)(H,34,35)(H,40,41)/t12-,13-,14-,15-,19-/m0/s1. The van der Waals surface area contributed by atoms with E-state index >= 15 is 0 Å². The lowest BCUT2D eigenvalue weighted by Gasteiger charge is -2.27. The Morgan fingerprint density at radius 2 is 1.10 bits per heavy atom. The topological polar surface area (TPSA) is 292 Å².